The highest BCUT2D eigenvalue weighted by molar-refractivity contribution is 5.96. The minimum Gasteiger partial charge on any atom is -0.351 e. The lowest BCUT2D eigenvalue weighted by Gasteiger charge is -2.26. The summed E-state index contributed by atoms with van der Waals surface area (Å²) in [5.41, 5.74) is 7.93. The van der Waals surface area contributed by atoms with Gasteiger partial charge in [0.15, 0.2) is 0 Å². The molecule has 0 saturated carbocycles. The van der Waals surface area contributed by atoms with E-state index in [9.17, 15) is 9.59 Å². The van der Waals surface area contributed by atoms with Crippen LogP contribution in [0.15, 0.2) is 91.0 Å². The van der Waals surface area contributed by atoms with Crippen molar-refractivity contribution in [2.75, 3.05) is 0 Å². The summed E-state index contributed by atoms with van der Waals surface area (Å²) >= 11 is 0. The van der Waals surface area contributed by atoms with Crippen molar-refractivity contribution < 1.29 is 9.59 Å². The van der Waals surface area contributed by atoms with E-state index in [2.05, 4.69) is 10.6 Å². The van der Waals surface area contributed by atoms with Crippen molar-refractivity contribution in [1.82, 2.24) is 10.6 Å². The molecule has 4 N–H and O–H groups in total. The molecule has 0 bridgehead atoms. The Hall–Kier alpha value is -3.44. The number of hydrogen-bond acceptors (Lipinski definition) is 3. The first-order chi connectivity index (χ1) is 13.1. The van der Waals surface area contributed by atoms with E-state index in [4.69, 9.17) is 5.73 Å². The maximum absolute atomic E-state index is 12.7. The third kappa shape index (κ3) is 4.80. The fraction of sp³-hybridized carbons (Fsp3) is 0.0909. The average Bonchev–Trinajstić information content (AvgIpc) is 2.70. The smallest absolute Gasteiger partial charge is 0.318 e. The molecule has 5 heteroatoms. The molecule has 0 aromatic heterocycles. The van der Waals surface area contributed by atoms with Crippen molar-refractivity contribution in [3.8, 4) is 0 Å². The standard InChI is InChI=1S/C22H21N3O2/c23-22(27)25-21(26)20(18-14-8-3-9-15-18)24-19(16-10-4-1-5-11-16)17-12-6-2-7-13-17/h1-15,19-20,24H,(H3,23,25,26,27)/t20-/m1/s1. The van der Waals surface area contributed by atoms with Gasteiger partial charge in [-0.05, 0) is 16.7 Å². The predicted octanol–water partition coefficient (Wildman–Crippen LogP) is 3.30. The van der Waals surface area contributed by atoms with Crippen molar-refractivity contribution in [3.63, 3.8) is 0 Å². The molecule has 0 aliphatic carbocycles. The maximum atomic E-state index is 12.7. The zero-order valence-electron chi connectivity index (χ0n) is 14.7. The van der Waals surface area contributed by atoms with Crippen molar-refractivity contribution in [2.45, 2.75) is 12.1 Å². The number of carbonyl (C=O) groups is 2. The normalized spacial score (nSPS) is 11.7. The van der Waals surface area contributed by atoms with Gasteiger partial charge in [-0.25, -0.2) is 4.79 Å². The number of nitrogens with one attached hydrogen (secondary N) is 2. The Morgan fingerprint density at radius 1 is 0.667 bits per heavy atom. The van der Waals surface area contributed by atoms with Crippen molar-refractivity contribution in [3.05, 3.63) is 108 Å². The van der Waals surface area contributed by atoms with Crippen LogP contribution in [-0.2, 0) is 4.79 Å². The third-order valence-corrected chi connectivity index (χ3v) is 4.24. The van der Waals surface area contributed by atoms with Gasteiger partial charge >= 0.3 is 6.03 Å². The summed E-state index contributed by atoms with van der Waals surface area (Å²) in [6.07, 6.45) is 0. The zero-order valence-corrected chi connectivity index (χ0v) is 14.7. The summed E-state index contributed by atoms with van der Waals surface area (Å²) in [5, 5.41) is 5.58. The van der Waals surface area contributed by atoms with Crippen LogP contribution in [0.1, 0.15) is 28.8 Å². The third-order valence-electron chi connectivity index (χ3n) is 4.24. The number of benzene rings is 3. The van der Waals surface area contributed by atoms with Gasteiger partial charge in [-0.1, -0.05) is 91.0 Å². The molecule has 3 amide bonds. The molecule has 0 heterocycles. The molecule has 0 radical (unpaired) electrons. The first-order valence-electron chi connectivity index (χ1n) is 8.66. The first kappa shape index (κ1) is 18.4. The lowest BCUT2D eigenvalue weighted by Crippen LogP contribution is -2.44. The lowest BCUT2D eigenvalue weighted by atomic mass is 9.96. The van der Waals surface area contributed by atoms with E-state index in [-0.39, 0.29) is 6.04 Å². The van der Waals surface area contributed by atoms with Gasteiger partial charge in [0.25, 0.3) is 0 Å². The van der Waals surface area contributed by atoms with Gasteiger partial charge in [-0.3, -0.25) is 15.4 Å². The van der Waals surface area contributed by atoms with E-state index in [1.54, 1.807) is 0 Å². The van der Waals surface area contributed by atoms with Gasteiger partial charge < -0.3 is 5.73 Å². The minimum absolute atomic E-state index is 0.240. The van der Waals surface area contributed by atoms with E-state index in [1.807, 2.05) is 91.0 Å². The molecule has 0 unspecified atom stereocenters. The quantitative estimate of drug-likeness (QED) is 0.631. The number of carbonyl (C=O) groups excluding carboxylic acids is 2. The van der Waals surface area contributed by atoms with Gasteiger partial charge in [-0.15, -0.1) is 0 Å². The number of nitrogens with two attached hydrogens (primary N) is 1. The van der Waals surface area contributed by atoms with Crippen LogP contribution in [0, 0.1) is 0 Å². The van der Waals surface area contributed by atoms with Crippen LogP contribution in [0.2, 0.25) is 0 Å². The molecule has 0 fully saturated rings. The molecule has 3 aromatic carbocycles. The fourth-order valence-electron chi connectivity index (χ4n) is 3.00. The van der Waals surface area contributed by atoms with Crippen molar-refractivity contribution in [2.24, 2.45) is 5.73 Å². The van der Waals surface area contributed by atoms with E-state index < -0.39 is 18.0 Å². The number of urea groups is 1. The molecule has 3 rings (SSSR count). The Morgan fingerprint density at radius 3 is 1.48 bits per heavy atom. The maximum Gasteiger partial charge on any atom is 0.318 e. The second kappa shape index (κ2) is 8.78. The molecular formula is C22H21N3O2. The number of hydrogen-bond donors (Lipinski definition) is 3. The molecule has 27 heavy (non-hydrogen) atoms. The number of primary amides is 1. The van der Waals surface area contributed by atoms with Gasteiger partial charge in [0.1, 0.15) is 6.04 Å². The molecule has 5 nitrogen and oxygen atoms in total. The topological polar surface area (TPSA) is 84.2 Å². The van der Waals surface area contributed by atoms with E-state index in [1.165, 1.54) is 0 Å². The van der Waals surface area contributed by atoms with Crippen LogP contribution in [0.4, 0.5) is 4.79 Å². The highest BCUT2D eigenvalue weighted by atomic mass is 16.2. The molecule has 1 atom stereocenters. The molecule has 0 spiro atoms. The predicted molar refractivity (Wildman–Crippen MR) is 105 cm³/mol. The van der Waals surface area contributed by atoms with Crippen LogP contribution in [-0.4, -0.2) is 11.9 Å². The molecule has 3 aromatic rings. The van der Waals surface area contributed by atoms with Crippen LogP contribution in [0.3, 0.4) is 0 Å². The minimum atomic E-state index is -0.876. The fourth-order valence-corrected chi connectivity index (χ4v) is 3.00. The summed E-state index contributed by atoms with van der Waals surface area (Å²) < 4.78 is 0. The monoisotopic (exact) mass is 359 g/mol. The van der Waals surface area contributed by atoms with Crippen LogP contribution in [0.5, 0.6) is 0 Å². The van der Waals surface area contributed by atoms with E-state index >= 15 is 0 Å². The molecular weight excluding hydrogens is 338 g/mol. The van der Waals surface area contributed by atoms with Gasteiger partial charge in [0.05, 0.1) is 6.04 Å². The Kier molecular flexibility index (Phi) is 5.97. The summed E-state index contributed by atoms with van der Waals surface area (Å²) in [5.74, 6) is -0.495. The summed E-state index contributed by atoms with van der Waals surface area (Å²) in [7, 11) is 0. The van der Waals surface area contributed by atoms with Crippen LogP contribution < -0.4 is 16.4 Å². The second-order valence-corrected chi connectivity index (χ2v) is 6.12. The average molecular weight is 359 g/mol. The highest BCUT2D eigenvalue weighted by Crippen LogP contribution is 2.26. The first-order valence-corrected chi connectivity index (χ1v) is 8.66. The van der Waals surface area contributed by atoms with Crippen molar-refractivity contribution in [1.29, 1.82) is 0 Å². The van der Waals surface area contributed by atoms with E-state index in [0.29, 0.717) is 0 Å². The number of amides is 3. The van der Waals surface area contributed by atoms with Gasteiger partial charge in [-0.2, -0.15) is 0 Å². The Balaban J connectivity index is 1.99. The highest BCUT2D eigenvalue weighted by Gasteiger charge is 2.26. The Labute approximate surface area is 158 Å². The van der Waals surface area contributed by atoms with Gasteiger partial charge in [0.2, 0.25) is 5.91 Å². The van der Waals surface area contributed by atoms with E-state index in [0.717, 1.165) is 16.7 Å². The lowest BCUT2D eigenvalue weighted by molar-refractivity contribution is -0.122. The summed E-state index contributed by atoms with van der Waals surface area (Å²) in [4.78, 5) is 23.9. The molecule has 0 aliphatic heterocycles. The largest absolute Gasteiger partial charge is 0.351 e. The SMILES string of the molecule is NC(=O)NC(=O)[C@H](NC(c1ccccc1)c1ccccc1)c1ccccc1. The number of rotatable bonds is 6. The van der Waals surface area contributed by atoms with Crippen LogP contribution in [0.25, 0.3) is 0 Å². The second-order valence-electron chi connectivity index (χ2n) is 6.12. The zero-order chi connectivity index (χ0) is 19.1. The van der Waals surface area contributed by atoms with Crippen molar-refractivity contribution >= 4 is 11.9 Å². The van der Waals surface area contributed by atoms with Crippen LogP contribution >= 0.6 is 0 Å². The molecule has 0 saturated heterocycles. The van der Waals surface area contributed by atoms with Gasteiger partial charge in [0, 0.05) is 0 Å². The Morgan fingerprint density at radius 2 is 1.07 bits per heavy atom. The Bertz CT molecular complexity index is 844. The number of imide groups is 1. The summed E-state index contributed by atoms with van der Waals surface area (Å²) in [6.45, 7) is 0. The molecule has 0 aliphatic rings. The summed E-state index contributed by atoms with van der Waals surface area (Å²) in [6, 6.07) is 27.1. The molecule has 136 valence electrons.